The molecule has 1 aromatic rings. The molecular formula is C12H18ClN2O2S+. The van der Waals surface area contributed by atoms with Crippen LogP contribution in [-0.4, -0.2) is 35.6 Å². The molecule has 1 aromatic carbocycles. The molecule has 0 saturated heterocycles. The van der Waals surface area contributed by atoms with Crippen molar-refractivity contribution in [2.24, 2.45) is 0 Å². The highest BCUT2D eigenvalue weighted by molar-refractivity contribution is 7.92. The van der Waals surface area contributed by atoms with Crippen LogP contribution in [0.15, 0.2) is 29.7 Å². The number of rotatable bonds is 6. The molecule has 0 spiro atoms. The lowest BCUT2D eigenvalue weighted by Crippen LogP contribution is -3.06. The molecule has 0 aromatic heterocycles. The lowest BCUT2D eigenvalue weighted by Gasteiger charge is -2.06. The zero-order valence-corrected chi connectivity index (χ0v) is 12.1. The van der Waals surface area contributed by atoms with Gasteiger partial charge in [-0.1, -0.05) is 23.7 Å². The van der Waals surface area contributed by atoms with Crippen LogP contribution in [0.1, 0.15) is 5.56 Å². The minimum atomic E-state index is -3.36. The number of likely N-dealkylation sites (N-methyl/N-ethyl adjacent to an activating group) is 1. The van der Waals surface area contributed by atoms with Crippen molar-refractivity contribution < 1.29 is 13.3 Å². The zero-order chi connectivity index (χ0) is 13.6. The van der Waals surface area contributed by atoms with Gasteiger partial charge in [-0.25, -0.2) is 13.1 Å². The Balaban J connectivity index is 2.57. The lowest BCUT2D eigenvalue weighted by atomic mass is 10.2. The Labute approximate surface area is 113 Å². The molecule has 0 unspecified atom stereocenters. The summed E-state index contributed by atoms with van der Waals surface area (Å²) in [6.45, 7) is 1.17. The SMILES string of the molecule is C[NH+](C)CCNS(=O)(=O)/C=C/c1ccc(Cl)cc1. The van der Waals surface area contributed by atoms with E-state index in [-0.39, 0.29) is 0 Å². The van der Waals surface area contributed by atoms with E-state index in [2.05, 4.69) is 4.72 Å². The lowest BCUT2D eigenvalue weighted by molar-refractivity contribution is -0.856. The number of benzene rings is 1. The summed E-state index contributed by atoms with van der Waals surface area (Å²) in [7, 11) is 0.578. The number of hydrogen-bond donors (Lipinski definition) is 2. The molecule has 18 heavy (non-hydrogen) atoms. The first kappa shape index (κ1) is 15.2. The molecular weight excluding hydrogens is 272 g/mol. The van der Waals surface area contributed by atoms with E-state index in [1.807, 2.05) is 14.1 Å². The van der Waals surface area contributed by atoms with Gasteiger partial charge < -0.3 is 4.90 Å². The smallest absolute Gasteiger partial charge is 0.233 e. The van der Waals surface area contributed by atoms with Crippen molar-refractivity contribution >= 4 is 27.7 Å². The second kappa shape index (κ2) is 6.89. The fourth-order valence-corrected chi connectivity index (χ4v) is 2.18. The summed E-state index contributed by atoms with van der Waals surface area (Å²) in [6.07, 6.45) is 1.54. The van der Waals surface area contributed by atoms with Gasteiger partial charge in [-0.05, 0) is 23.8 Å². The summed E-state index contributed by atoms with van der Waals surface area (Å²) >= 11 is 5.74. The maximum atomic E-state index is 11.6. The predicted molar refractivity (Wildman–Crippen MR) is 75.1 cm³/mol. The normalized spacial score (nSPS) is 12.4. The highest BCUT2D eigenvalue weighted by Crippen LogP contribution is 2.10. The Morgan fingerprint density at radius 2 is 1.89 bits per heavy atom. The minimum Gasteiger partial charge on any atom is -0.339 e. The number of nitrogens with one attached hydrogen (secondary N) is 2. The van der Waals surface area contributed by atoms with Crippen molar-refractivity contribution in [3.63, 3.8) is 0 Å². The van der Waals surface area contributed by atoms with Crippen molar-refractivity contribution in [2.45, 2.75) is 0 Å². The van der Waals surface area contributed by atoms with E-state index in [0.29, 0.717) is 11.6 Å². The van der Waals surface area contributed by atoms with E-state index in [4.69, 9.17) is 11.6 Å². The first-order chi connectivity index (χ1) is 8.39. The highest BCUT2D eigenvalue weighted by atomic mass is 35.5. The van der Waals surface area contributed by atoms with Crippen molar-refractivity contribution in [2.75, 3.05) is 27.2 Å². The molecule has 0 aliphatic heterocycles. The van der Waals surface area contributed by atoms with E-state index in [0.717, 1.165) is 12.1 Å². The van der Waals surface area contributed by atoms with Crippen LogP contribution in [-0.2, 0) is 10.0 Å². The number of halogens is 1. The summed E-state index contributed by atoms with van der Waals surface area (Å²) in [5.41, 5.74) is 0.794. The van der Waals surface area contributed by atoms with Crippen LogP contribution in [0, 0.1) is 0 Å². The molecule has 0 fully saturated rings. The van der Waals surface area contributed by atoms with E-state index in [1.54, 1.807) is 30.3 Å². The van der Waals surface area contributed by atoms with Crippen LogP contribution < -0.4 is 9.62 Å². The molecule has 0 aliphatic carbocycles. The monoisotopic (exact) mass is 289 g/mol. The van der Waals surface area contributed by atoms with Crippen molar-refractivity contribution in [3.05, 3.63) is 40.3 Å². The van der Waals surface area contributed by atoms with Crippen LogP contribution in [0.5, 0.6) is 0 Å². The van der Waals surface area contributed by atoms with Crippen LogP contribution in [0.4, 0.5) is 0 Å². The summed E-state index contributed by atoms with van der Waals surface area (Å²) in [6, 6.07) is 6.96. The molecule has 4 nitrogen and oxygen atoms in total. The topological polar surface area (TPSA) is 50.6 Å². The summed E-state index contributed by atoms with van der Waals surface area (Å²) in [4.78, 5) is 1.19. The number of sulfonamides is 1. The third-order valence-corrected chi connectivity index (χ3v) is 3.59. The molecule has 0 bridgehead atoms. The molecule has 100 valence electrons. The standard InChI is InChI=1S/C12H17ClN2O2S/c1-15(2)9-8-14-18(16,17)10-7-11-3-5-12(13)6-4-11/h3-7,10,14H,8-9H2,1-2H3/p+1/b10-7+. The first-order valence-corrected chi connectivity index (χ1v) is 7.54. The first-order valence-electron chi connectivity index (χ1n) is 5.61. The Kier molecular flexibility index (Phi) is 5.81. The van der Waals surface area contributed by atoms with Crippen molar-refractivity contribution in [3.8, 4) is 0 Å². The summed E-state index contributed by atoms with van der Waals surface area (Å²) < 4.78 is 25.7. The van der Waals surface area contributed by atoms with Crippen LogP contribution in [0.2, 0.25) is 5.02 Å². The number of quaternary nitrogens is 1. The molecule has 0 aliphatic rings. The van der Waals surface area contributed by atoms with Gasteiger partial charge in [0, 0.05) is 10.4 Å². The predicted octanol–water partition coefficient (Wildman–Crippen LogP) is 0.375. The average Bonchev–Trinajstić information content (AvgIpc) is 2.27. The van der Waals surface area contributed by atoms with Gasteiger partial charge >= 0.3 is 0 Å². The molecule has 2 N–H and O–H groups in total. The summed E-state index contributed by atoms with van der Waals surface area (Å²) in [5, 5.41) is 1.79. The van der Waals surface area contributed by atoms with E-state index in [9.17, 15) is 8.42 Å². The maximum Gasteiger partial charge on any atom is 0.233 e. The Morgan fingerprint density at radius 3 is 2.44 bits per heavy atom. The van der Waals surface area contributed by atoms with Crippen LogP contribution in [0.25, 0.3) is 6.08 Å². The van der Waals surface area contributed by atoms with E-state index >= 15 is 0 Å². The van der Waals surface area contributed by atoms with Gasteiger partial charge in [-0.3, -0.25) is 0 Å². The Morgan fingerprint density at radius 1 is 1.28 bits per heavy atom. The van der Waals surface area contributed by atoms with Crippen molar-refractivity contribution in [1.82, 2.24) is 4.72 Å². The van der Waals surface area contributed by atoms with E-state index < -0.39 is 10.0 Å². The average molecular weight is 290 g/mol. The molecule has 1 rings (SSSR count). The Hall–Kier alpha value is -0.880. The van der Waals surface area contributed by atoms with Gasteiger partial charge in [0.1, 0.15) is 0 Å². The van der Waals surface area contributed by atoms with Crippen LogP contribution in [0.3, 0.4) is 0 Å². The molecule has 0 heterocycles. The number of hydrogen-bond acceptors (Lipinski definition) is 2. The molecule has 0 saturated carbocycles. The summed E-state index contributed by atoms with van der Waals surface area (Å²) in [5.74, 6) is 0. The van der Waals surface area contributed by atoms with E-state index in [1.165, 1.54) is 10.3 Å². The van der Waals surface area contributed by atoms with Gasteiger partial charge in [0.2, 0.25) is 10.0 Å². The third kappa shape index (κ3) is 6.16. The highest BCUT2D eigenvalue weighted by Gasteiger charge is 2.05. The van der Waals surface area contributed by atoms with Gasteiger partial charge in [-0.2, -0.15) is 0 Å². The molecule has 6 heteroatoms. The fraction of sp³-hybridized carbons (Fsp3) is 0.333. The molecule has 0 amide bonds. The maximum absolute atomic E-state index is 11.6. The quantitative estimate of drug-likeness (QED) is 0.795. The Bertz CT molecular complexity index is 495. The van der Waals surface area contributed by atoms with Gasteiger partial charge in [0.05, 0.1) is 27.2 Å². The zero-order valence-electron chi connectivity index (χ0n) is 10.5. The van der Waals surface area contributed by atoms with Crippen molar-refractivity contribution in [1.29, 1.82) is 0 Å². The fourth-order valence-electron chi connectivity index (χ4n) is 1.23. The van der Waals surface area contributed by atoms with Crippen LogP contribution >= 0.6 is 11.6 Å². The van der Waals surface area contributed by atoms with Gasteiger partial charge in [-0.15, -0.1) is 0 Å². The largest absolute Gasteiger partial charge is 0.339 e. The minimum absolute atomic E-state index is 0.426. The van der Waals surface area contributed by atoms with Gasteiger partial charge in [0.25, 0.3) is 0 Å². The molecule has 0 atom stereocenters. The molecule has 0 radical (unpaired) electrons. The second-order valence-electron chi connectivity index (χ2n) is 4.25. The third-order valence-electron chi connectivity index (χ3n) is 2.24. The second-order valence-corrected chi connectivity index (χ2v) is 6.34. The van der Waals surface area contributed by atoms with Gasteiger partial charge in [0.15, 0.2) is 0 Å².